The van der Waals surface area contributed by atoms with E-state index in [2.05, 4.69) is 0 Å². The van der Waals surface area contributed by atoms with Crippen LogP contribution in [0.25, 0.3) is 11.1 Å². The Morgan fingerprint density at radius 2 is 1.73 bits per heavy atom. The molecule has 0 aliphatic rings. The van der Waals surface area contributed by atoms with Gasteiger partial charge in [-0.05, 0) is 54.7 Å². The van der Waals surface area contributed by atoms with Crippen molar-refractivity contribution >= 4 is 5.97 Å². The first-order valence-electron chi connectivity index (χ1n) is 9.84. The van der Waals surface area contributed by atoms with Crippen LogP contribution in [0.4, 0.5) is 17.6 Å². The summed E-state index contributed by atoms with van der Waals surface area (Å²) < 4.78 is 62.0. The predicted molar refractivity (Wildman–Crippen MR) is 107 cm³/mol. The molecule has 0 aliphatic heterocycles. The van der Waals surface area contributed by atoms with Gasteiger partial charge >= 0.3 is 12.1 Å². The second-order valence-corrected chi connectivity index (χ2v) is 7.30. The topological polar surface area (TPSA) is 35.5 Å². The second-order valence-electron chi connectivity index (χ2n) is 7.30. The third-order valence-electron chi connectivity index (χ3n) is 4.54. The average Bonchev–Trinajstić information content (AvgIpc) is 2.70. The molecule has 0 saturated heterocycles. The van der Waals surface area contributed by atoms with E-state index in [4.69, 9.17) is 9.47 Å². The molecule has 0 bridgehead atoms. The van der Waals surface area contributed by atoms with Crippen molar-refractivity contribution < 1.29 is 31.8 Å². The van der Waals surface area contributed by atoms with E-state index in [1.54, 1.807) is 25.1 Å². The summed E-state index contributed by atoms with van der Waals surface area (Å²) in [5.41, 5.74) is 0.876. The van der Waals surface area contributed by atoms with E-state index in [-0.39, 0.29) is 25.1 Å². The van der Waals surface area contributed by atoms with Crippen LogP contribution in [0.2, 0.25) is 0 Å². The number of rotatable bonds is 9. The molecule has 0 N–H and O–H groups in total. The zero-order chi connectivity index (χ0) is 22.3. The summed E-state index contributed by atoms with van der Waals surface area (Å²) in [6.07, 6.45) is -3.89. The normalized spacial score (nSPS) is 12.7. The van der Waals surface area contributed by atoms with Gasteiger partial charge in [-0.15, -0.1) is 0 Å². The lowest BCUT2D eigenvalue weighted by molar-refractivity contribution is -0.145. The van der Waals surface area contributed by atoms with E-state index in [0.717, 1.165) is 12.1 Å². The van der Waals surface area contributed by atoms with Gasteiger partial charge < -0.3 is 9.47 Å². The summed E-state index contributed by atoms with van der Waals surface area (Å²) in [5, 5.41) is 0. The molecule has 164 valence electrons. The molecule has 0 saturated carbocycles. The molecule has 1 unspecified atom stereocenters. The van der Waals surface area contributed by atoms with E-state index in [1.807, 2.05) is 13.8 Å². The van der Waals surface area contributed by atoms with Crippen molar-refractivity contribution in [3.63, 3.8) is 0 Å². The highest BCUT2D eigenvalue weighted by molar-refractivity contribution is 5.80. The number of ether oxygens (including phenoxy) is 2. The van der Waals surface area contributed by atoms with Gasteiger partial charge in [-0.3, -0.25) is 4.79 Å². The van der Waals surface area contributed by atoms with Crippen LogP contribution in [0.1, 0.15) is 44.2 Å². The maximum Gasteiger partial charge on any atom is 0.416 e. The molecule has 0 aliphatic carbocycles. The molecule has 2 aromatic carbocycles. The van der Waals surface area contributed by atoms with Gasteiger partial charge in [0.2, 0.25) is 0 Å². The van der Waals surface area contributed by atoms with Crippen LogP contribution in [0.15, 0.2) is 42.5 Å². The van der Waals surface area contributed by atoms with Gasteiger partial charge in [0.15, 0.2) is 0 Å². The minimum Gasteiger partial charge on any atom is -0.490 e. The molecule has 2 aromatic rings. The van der Waals surface area contributed by atoms with Gasteiger partial charge in [0, 0.05) is 5.56 Å². The fraction of sp³-hybridized carbons (Fsp3) is 0.435. The van der Waals surface area contributed by atoms with Crippen LogP contribution in [0.5, 0.6) is 5.75 Å². The van der Waals surface area contributed by atoms with Crippen molar-refractivity contribution in [3.05, 3.63) is 53.6 Å². The van der Waals surface area contributed by atoms with E-state index in [0.29, 0.717) is 28.9 Å². The SMILES string of the molecule is CCOC(=O)C(CC(C)C)c1ccc(OCCF)c(-c2ccc(C(F)(F)F)cc2)c1. The second kappa shape index (κ2) is 10.5. The first-order valence-corrected chi connectivity index (χ1v) is 9.84. The summed E-state index contributed by atoms with van der Waals surface area (Å²) >= 11 is 0. The standard InChI is InChI=1S/C23H26F4O3/c1-4-29-22(28)20(13-15(2)3)17-7-10-21(30-12-11-24)19(14-17)16-5-8-18(9-6-16)23(25,26)27/h5-10,14-15,20H,4,11-13H2,1-3H3. The molecule has 0 spiro atoms. The maximum absolute atomic E-state index is 12.9. The van der Waals surface area contributed by atoms with Gasteiger partial charge in [0.05, 0.1) is 18.1 Å². The monoisotopic (exact) mass is 426 g/mol. The lowest BCUT2D eigenvalue weighted by Gasteiger charge is -2.20. The van der Waals surface area contributed by atoms with Gasteiger partial charge in [0.25, 0.3) is 0 Å². The molecule has 0 heterocycles. The van der Waals surface area contributed by atoms with Gasteiger partial charge in [0.1, 0.15) is 19.0 Å². The predicted octanol–water partition coefficient (Wildman–Crippen LogP) is 6.41. The minimum atomic E-state index is -4.44. The lowest BCUT2D eigenvalue weighted by atomic mass is 9.88. The highest BCUT2D eigenvalue weighted by atomic mass is 19.4. The Balaban J connectivity index is 2.51. The number of carbonyl (C=O) groups is 1. The van der Waals surface area contributed by atoms with Crippen molar-refractivity contribution in [1.29, 1.82) is 0 Å². The fourth-order valence-corrected chi connectivity index (χ4v) is 3.19. The van der Waals surface area contributed by atoms with Crippen LogP contribution in [-0.4, -0.2) is 25.9 Å². The molecular formula is C23H26F4O3. The molecule has 0 radical (unpaired) electrons. The van der Waals surface area contributed by atoms with E-state index in [9.17, 15) is 22.4 Å². The maximum atomic E-state index is 12.9. The summed E-state index contributed by atoms with van der Waals surface area (Å²) in [6.45, 7) is 5.07. The van der Waals surface area contributed by atoms with Crippen LogP contribution < -0.4 is 4.74 Å². The van der Waals surface area contributed by atoms with E-state index < -0.39 is 24.3 Å². The van der Waals surface area contributed by atoms with E-state index >= 15 is 0 Å². The molecule has 7 heteroatoms. The molecule has 30 heavy (non-hydrogen) atoms. The number of alkyl halides is 4. The van der Waals surface area contributed by atoms with Crippen LogP contribution >= 0.6 is 0 Å². The Labute approximate surface area is 174 Å². The average molecular weight is 426 g/mol. The molecule has 0 aromatic heterocycles. The molecule has 3 nitrogen and oxygen atoms in total. The Bertz CT molecular complexity index is 829. The highest BCUT2D eigenvalue weighted by Crippen LogP contribution is 2.37. The molecule has 1 atom stereocenters. The molecule has 0 amide bonds. The fourth-order valence-electron chi connectivity index (χ4n) is 3.19. The number of hydrogen-bond donors (Lipinski definition) is 0. The molecule has 0 fully saturated rings. The van der Waals surface area contributed by atoms with Crippen LogP contribution in [0, 0.1) is 5.92 Å². The van der Waals surface area contributed by atoms with Crippen molar-refractivity contribution in [2.24, 2.45) is 5.92 Å². The Morgan fingerprint density at radius 3 is 2.27 bits per heavy atom. The molecule has 2 rings (SSSR count). The lowest BCUT2D eigenvalue weighted by Crippen LogP contribution is -2.18. The van der Waals surface area contributed by atoms with Gasteiger partial charge in [-0.1, -0.05) is 32.0 Å². The Kier molecular flexibility index (Phi) is 8.26. The zero-order valence-electron chi connectivity index (χ0n) is 17.3. The summed E-state index contributed by atoms with van der Waals surface area (Å²) in [4.78, 5) is 12.5. The Hall–Kier alpha value is -2.57. The first kappa shape index (κ1) is 23.7. The Morgan fingerprint density at radius 1 is 1.07 bits per heavy atom. The quantitative estimate of drug-likeness (QED) is 0.343. The number of benzene rings is 2. The van der Waals surface area contributed by atoms with Gasteiger partial charge in [-0.2, -0.15) is 13.2 Å². The zero-order valence-corrected chi connectivity index (χ0v) is 17.3. The van der Waals surface area contributed by atoms with Crippen molar-refractivity contribution in [2.45, 2.75) is 39.3 Å². The number of esters is 1. The van der Waals surface area contributed by atoms with E-state index in [1.165, 1.54) is 12.1 Å². The summed E-state index contributed by atoms with van der Waals surface area (Å²) in [6, 6.07) is 9.68. The number of halogens is 4. The number of hydrogen-bond acceptors (Lipinski definition) is 3. The largest absolute Gasteiger partial charge is 0.490 e. The summed E-state index contributed by atoms with van der Waals surface area (Å²) in [5.74, 6) is -0.324. The van der Waals surface area contributed by atoms with Crippen LogP contribution in [0.3, 0.4) is 0 Å². The third-order valence-corrected chi connectivity index (χ3v) is 4.54. The first-order chi connectivity index (χ1) is 14.2. The van der Waals surface area contributed by atoms with Crippen LogP contribution in [-0.2, 0) is 15.7 Å². The summed E-state index contributed by atoms with van der Waals surface area (Å²) in [7, 11) is 0. The van der Waals surface area contributed by atoms with Crippen molar-refractivity contribution in [2.75, 3.05) is 19.9 Å². The van der Waals surface area contributed by atoms with Crippen molar-refractivity contribution in [3.8, 4) is 16.9 Å². The highest BCUT2D eigenvalue weighted by Gasteiger charge is 2.30. The van der Waals surface area contributed by atoms with Gasteiger partial charge in [-0.25, -0.2) is 4.39 Å². The molecular weight excluding hydrogens is 400 g/mol. The van der Waals surface area contributed by atoms with Crippen molar-refractivity contribution in [1.82, 2.24) is 0 Å². The smallest absolute Gasteiger partial charge is 0.416 e. The minimum absolute atomic E-state index is 0.180. The third kappa shape index (κ3) is 6.21. The number of carbonyl (C=O) groups excluding carboxylic acids is 1.